The van der Waals surface area contributed by atoms with E-state index in [1.54, 1.807) is 6.07 Å². The maximum atomic E-state index is 13.4. The van der Waals surface area contributed by atoms with Gasteiger partial charge in [0.15, 0.2) is 0 Å². The van der Waals surface area contributed by atoms with E-state index in [-0.39, 0.29) is 11.8 Å². The number of carbonyl (C=O) groups is 2. The molecule has 1 saturated carbocycles. The highest BCUT2D eigenvalue weighted by molar-refractivity contribution is 6.37. The standard InChI is InChI=1S/C34H40N4O2/c1-3-38(4-2)23-25-15-18-28(19-16-25)36-32(26-13-9-6-10-14-26)31-29-21-27(17-20-30(29)37-34(31)40)33(39)35-22-24-11-7-5-8-12-24/h6,9-10,13-21,24,36H,3-5,7-8,11-12,22-23H2,1-2H3,(H,35,39)(H,37,40). The fourth-order valence-electron chi connectivity index (χ4n) is 5.71. The summed E-state index contributed by atoms with van der Waals surface area (Å²) in [6.07, 6.45) is 6.14. The highest BCUT2D eigenvalue weighted by Gasteiger charge is 2.29. The number of hydrogen-bond acceptors (Lipinski definition) is 4. The third-order valence-electron chi connectivity index (χ3n) is 8.14. The number of hydrogen-bond donors (Lipinski definition) is 3. The van der Waals surface area contributed by atoms with Gasteiger partial charge in [-0.05, 0) is 73.3 Å². The molecule has 2 aliphatic rings. The van der Waals surface area contributed by atoms with E-state index in [9.17, 15) is 9.59 Å². The molecule has 1 fully saturated rings. The third-order valence-corrected chi connectivity index (χ3v) is 8.14. The van der Waals surface area contributed by atoms with E-state index in [1.165, 1.54) is 37.7 Å². The molecule has 40 heavy (non-hydrogen) atoms. The Morgan fingerprint density at radius 2 is 1.62 bits per heavy atom. The number of rotatable bonds is 10. The summed E-state index contributed by atoms with van der Waals surface area (Å²) in [5, 5.41) is 9.68. The van der Waals surface area contributed by atoms with Crippen LogP contribution in [-0.2, 0) is 11.3 Å². The van der Waals surface area contributed by atoms with Crippen LogP contribution >= 0.6 is 0 Å². The molecule has 0 unspecified atom stereocenters. The Hall–Kier alpha value is -3.90. The molecule has 3 aromatic carbocycles. The van der Waals surface area contributed by atoms with Gasteiger partial charge in [0.25, 0.3) is 11.8 Å². The minimum Gasteiger partial charge on any atom is -0.354 e. The molecule has 0 atom stereocenters. The Bertz CT molecular complexity index is 1350. The van der Waals surface area contributed by atoms with Gasteiger partial charge in [-0.1, -0.05) is 75.6 Å². The van der Waals surface area contributed by atoms with E-state index in [1.807, 2.05) is 42.5 Å². The van der Waals surface area contributed by atoms with Gasteiger partial charge in [-0.3, -0.25) is 14.5 Å². The fourth-order valence-corrected chi connectivity index (χ4v) is 5.71. The van der Waals surface area contributed by atoms with Gasteiger partial charge in [-0.25, -0.2) is 0 Å². The topological polar surface area (TPSA) is 73.5 Å². The summed E-state index contributed by atoms with van der Waals surface area (Å²) < 4.78 is 0. The van der Waals surface area contributed by atoms with Gasteiger partial charge in [0.1, 0.15) is 0 Å². The first-order valence-electron chi connectivity index (χ1n) is 14.7. The summed E-state index contributed by atoms with van der Waals surface area (Å²) >= 11 is 0. The molecule has 6 heteroatoms. The molecular weight excluding hydrogens is 496 g/mol. The third kappa shape index (κ3) is 6.45. The van der Waals surface area contributed by atoms with Crippen molar-refractivity contribution in [2.45, 2.75) is 52.5 Å². The predicted molar refractivity (Wildman–Crippen MR) is 164 cm³/mol. The summed E-state index contributed by atoms with van der Waals surface area (Å²) in [5.74, 6) is 0.280. The second-order valence-corrected chi connectivity index (χ2v) is 10.8. The molecular formula is C34H40N4O2. The summed E-state index contributed by atoms with van der Waals surface area (Å²) in [6, 6.07) is 23.7. The molecule has 6 nitrogen and oxygen atoms in total. The van der Waals surface area contributed by atoms with E-state index in [2.05, 4.69) is 59.0 Å². The van der Waals surface area contributed by atoms with Gasteiger partial charge in [-0.2, -0.15) is 0 Å². The Morgan fingerprint density at radius 3 is 2.33 bits per heavy atom. The summed E-state index contributed by atoms with van der Waals surface area (Å²) in [4.78, 5) is 28.9. The smallest absolute Gasteiger partial charge is 0.258 e. The van der Waals surface area contributed by atoms with Crippen molar-refractivity contribution in [3.8, 4) is 0 Å². The van der Waals surface area contributed by atoms with E-state index in [0.717, 1.165) is 36.4 Å². The zero-order valence-corrected chi connectivity index (χ0v) is 23.6. The van der Waals surface area contributed by atoms with Gasteiger partial charge in [-0.15, -0.1) is 0 Å². The Morgan fingerprint density at radius 1 is 0.900 bits per heavy atom. The Labute approximate surface area is 237 Å². The zero-order chi connectivity index (χ0) is 27.9. The van der Waals surface area contributed by atoms with Crippen LogP contribution in [0.15, 0.2) is 72.8 Å². The second kappa shape index (κ2) is 13.0. The molecule has 1 heterocycles. The van der Waals surface area contributed by atoms with Crippen LogP contribution in [-0.4, -0.2) is 36.3 Å². The molecule has 0 aromatic heterocycles. The Kier molecular flexibility index (Phi) is 8.97. The monoisotopic (exact) mass is 536 g/mol. The van der Waals surface area contributed by atoms with E-state index in [4.69, 9.17) is 0 Å². The van der Waals surface area contributed by atoms with Crippen molar-refractivity contribution in [3.05, 3.63) is 95.1 Å². The van der Waals surface area contributed by atoms with Crippen molar-refractivity contribution < 1.29 is 9.59 Å². The van der Waals surface area contributed by atoms with Crippen LogP contribution in [0.5, 0.6) is 0 Å². The summed E-state index contributed by atoms with van der Waals surface area (Å²) in [5.41, 5.74) is 6.32. The highest BCUT2D eigenvalue weighted by Crippen LogP contribution is 2.38. The molecule has 0 spiro atoms. The number of nitrogens with one attached hydrogen (secondary N) is 3. The number of benzene rings is 3. The summed E-state index contributed by atoms with van der Waals surface area (Å²) in [6.45, 7) is 7.98. The molecule has 3 aromatic rings. The number of fused-ring (bicyclic) bond motifs is 1. The SMILES string of the molecule is CCN(CC)Cc1ccc(NC(=C2C(=O)Nc3ccc(C(=O)NCC4CCCCC4)cc32)c2ccccc2)cc1. The van der Waals surface area contributed by atoms with Crippen LogP contribution in [0, 0.1) is 5.92 Å². The first kappa shape index (κ1) is 27.7. The van der Waals surface area contributed by atoms with Gasteiger partial charge >= 0.3 is 0 Å². The van der Waals surface area contributed by atoms with Crippen molar-refractivity contribution in [1.29, 1.82) is 0 Å². The van der Waals surface area contributed by atoms with E-state index < -0.39 is 0 Å². The molecule has 3 N–H and O–H groups in total. The average molecular weight is 537 g/mol. The minimum absolute atomic E-state index is 0.0925. The van der Waals surface area contributed by atoms with Gasteiger partial charge in [0.2, 0.25) is 0 Å². The highest BCUT2D eigenvalue weighted by atomic mass is 16.2. The van der Waals surface area contributed by atoms with Gasteiger partial charge in [0.05, 0.1) is 11.3 Å². The molecule has 0 radical (unpaired) electrons. The number of anilines is 2. The lowest BCUT2D eigenvalue weighted by molar-refractivity contribution is -0.110. The largest absolute Gasteiger partial charge is 0.354 e. The van der Waals surface area contributed by atoms with E-state index in [0.29, 0.717) is 35.0 Å². The quantitative estimate of drug-likeness (QED) is 0.250. The number of carbonyl (C=O) groups excluding carboxylic acids is 2. The molecule has 208 valence electrons. The first-order chi connectivity index (χ1) is 19.6. The maximum Gasteiger partial charge on any atom is 0.258 e. The minimum atomic E-state index is -0.181. The van der Waals surface area contributed by atoms with Crippen LogP contribution in [0.4, 0.5) is 11.4 Å². The molecule has 1 aliphatic carbocycles. The predicted octanol–water partition coefficient (Wildman–Crippen LogP) is 6.77. The van der Waals surface area contributed by atoms with Gasteiger partial charge in [0, 0.05) is 35.6 Å². The van der Waals surface area contributed by atoms with Crippen molar-refractivity contribution in [2.24, 2.45) is 5.92 Å². The van der Waals surface area contributed by atoms with Crippen molar-refractivity contribution in [3.63, 3.8) is 0 Å². The van der Waals surface area contributed by atoms with Crippen LogP contribution in [0.25, 0.3) is 11.3 Å². The van der Waals surface area contributed by atoms with Crippen LogP contribution in [0.3, 0.4) is 0 Å². The normalized spacial score (nSPS) is 16.4. The van der Waals surface area contributed by atoms with Crippen molar-refractivity contribution >= 4 is 34.5 Å². The second-order valence-electron chi connectivity index (χ2n) is 10.8. The van der Waals surface area contributed by atoms with Crippen molar-refractivity contribution in [1.82, 2.24) is 10.2 Å². The maximum absolute atomic E-state index is 13.4. The molecule has 5 rings (SSSR count). The lowest BCUT2D eigenvalue weighted by atomic mass is 9.89. The molecule has 0 saturated heterocycles. The lowest BCUT2D eigenvalue weighted by Gasteiger charge is -2.21. The Balaban J connectivity index is 1.44. The van der Waals surface area contributed by atoms with Gasteiger partial charge < -0.3 is 16.0 Å². The number of amides is 2. The molecule has 2 amide bonds. The lowest BCUT2D eigenvalue weighted by Crippen LogP contribution is -2.30. The van der Waals surface area contributed by atoms with Crippen LogP contribution in [0.1, 0.15) is 73.0 Å². The van der Waals surface area contributed by atoms with Crippen LogP contribution in [0.2, 0.25) is 0 Å². The van der Waals surface area contributed by atoms with Crippen LogP contribution < -0.4 is 16.0 Å². The van der Waals surface area contributed by atoms with E-state index >= 15 is 0 Å². The van der Waals surface area contributed by atoms with Crippen molar-refractivity contribution in [2.75, 3.05) is 30.3 Å². The summed E-state index contributed by atoms with van der Waals surface area (Å²) in [7, 11) is 0. The first-order valence-corrected chi connectivity index (χ1v) is 14.7. The molecule has 0 bridgehead atoms. The fraction of sp³-hybridized carbons (Fsp3) is 0.353. The molecule has 1 aliphatic heterocycles. The number of nitrogens with zero attached hydrogens (tertiary/aromatic N) is 1. The zero-order valence-electron chi connectivity index (χ0n) is 23.6. The average Bonchev–Trinajstić information content (AvgIpc) is 3.33.